The van der Waals surface area contributed by atoms with E-state index in [2.05, 4.69) is 0 Å². The van der Waals surface area contributed by atoms with Gasteiger partial charge in [0.2, 0.25) is 0 Å². The van der Waals surface area contributed by atoms with Crippen LogP contribution in [0.1, 0.15) is 21.1 Å². The molecule has 2 heteroatoms. The zero-order valence-corrected chi connectivity index (χ0v) is 7.57. The first-order chi connectivity index (χ1) is 7.52. The highest BCUT2D eigenvalue weighted by Gasteiger charge is 2.12. The lowest BCUT2D eigenvalue weighted by Gasteiger charge is -2.13. The lowest BCUT2D eigenvalue weighted by molar-refractivity contribution is 0.429. The third-order valence-corrected chi connectivity index (χ3v) is 2.10. The first kappa shape index (κ1) is 6.71. The van der Waals surface area contributed by atoms with Gasteiger partial charge < -0.3 is 10.2 Å². The molecule has 0 atom stereocenters. The molecule has 72 valence electrons. The van der Waals surface area contributed by atoms with E-state index in [0.717, 1.165) is 0 Å². The molecule has 0 saturated heterocycles. The van der Waals surface area contributed by atoms with E-state index in [4.69, 9.17) is 2.74 Å². The van der Waals surface area contributed by atoms with Gasteiger partial charge in [0.25, 0.3) is 0 Å². The van der Waals surface area contributed by atoms with Crippen molar-refractivity contribution in [3.8, 4) is 5.75 Å². The molecule has 0 amide bonds. The van der Waals surface area contributed by atoms with Gasteiger partial charge in [0.05, 0.1) is 0 Å². The van der Waals surface area contributed by atoms with Gasteiger partial charge in [-0.2, -0.15) is 0 Å². The maximum absolute atomic E-state index is 9.72. The molecular formula is C12H12O2. The number of aromatic hydroxyl groups is 1. The number of rotatable bonds is 1. The first-order valence-corrected chi connectivity index (χ1v) is 4.41. The zero-order valence-electron chi connectivity index (χ0n) is 9.57. The molecule has 1 aromatic rings. The minimum atomic E-state index is -1.66. The fourth-order valence-corrected chi connectivity index (χ4v) is 1.42. The van der Waals surface area contributed by atoms with Crippen molar-refractivity contribution in [3.05, 3.63) is 47.7 Å². The van der Waals surface area contributed by atoms with Gasteiger partial charge in [-0.3, -0.25) is 0 Å². The molecule has 2 nitrogen and oxygen atoms in total. The van der Waals surface area contributed by atoms with Gasteiger partial charge in [-0.25, -0.2) is 0 Å². The summed E-state index contributed by atoms with van der Waals surface area (Å²) in [6, 6.07) is 6.43. The number of aliphatic hydroxyl groups is 1. The average molecular weight is 190 g/mol. The van der Waals surface area contributed by atoms with E-state index in [1.165, 1.54) is 12.1 Å². The van der Waals surface area contributed by atoms with Crippen LogP contribution in [0.15, 0.2) is 42.2 Å². The van der Waals surface area contributed by atoms with Crippen LogP contribution in [0.4, 0.5) is 0 Å². The SMILES string of the molecule is [2H]C1([2H])CC=CC(O)=C1c1ccccc1O. The number of aliphatic hydroxyl groups excluding tert-OH is 1. The quantitative estimate of drug-likeness (QED) is 0.714. The highest BCUT2D eigenvalue weighted by molar-refractivity contribution is 5.74. The van der Waals surface area contributed by atoms with Crippen molar-refractivity contribution in [2.75, 3.05) is 0 Å². The lowest BCUT2D eigenvalue weighted by Crippen LogP contribution is -1.94. The molecule has 0 aliphatic heterocycles. The van der Waals surface area contributed by atoms with Crippen LogP contribution in [-0.2, 0) is 0 Å². The molecule has 0 unspecified atom stereocenters. The number of phenolic OH excluding ortho intramolecular Hbond substituents is 1. The molecule has 0 saturated carbocycles. The second-order valence-electron chi connectivity index (χ2n) is 3.06. The second-order valence-corrected chi connectivity index (χ2v) is 3.06. The summed E-state index contributed by atoms with van der Waals surface area (Å²) in [4.78, 5) is 0. The molecule has 2 N–H and O–H groups in total. The Morgan fingerprint density at radius 1 is 1.21 bits per heavy atom. The topological polar surface area (TPSA) is 40.5 Å². The second kappa shape index (κ2) is 3.58. The third-order valence-electron chi connectivity index (χ3n) is 2.10. The molecule has 2 rings (SSSR count). The van der Waals surface area contributed by atoms with Crippen LogP contribution in [0, 0.1) is 0 Å². The summed E-state index contributed by atoms with van der Waals surface area (Å²) < 4.78 is 15.7. The van der Waals surface area contributed by atoms with Gasteiger partial charge in [0.1, 0.15) is 11.5 Å². The summed E-state index contributed by atoms with van der Waals surface area (Å²) in [7, 11) is 0. The highest BCUT2D eigenvalue weighted by Crippen LogP contribution is 2.32. The lowest BCUT2D eigenvalue weighted by atomic mass is 9.95. The van der Waals surface area contributed by atoms with Crippen LogP contribution in [0.2, 0.25) is 0 Å². The van der Waals surface area contributed by atoms with E-state index < -0.39 is 6.37 Å². The van der Waals surface area contributed by atoms with Crippen molar-refractivity contribution in [2.24, 2.45) is 0 Å². The number of hydrogen-bond donors (Lipinski definition) is 2. The maximum atomic E-state index is 9.72. The van der Waals surface area contributed by atoms with Gasteiger partial charge in [-0.1, -0.05) is 24.3 Å². The fourth-order valence-electron chi connectivity index (χ4n) is 1.42. The molecule has 0 bridgehead atoms. The Labute approximate surface area is 85.6 Å². The van der Waals surface area contributed by atoms with E-state index in [-0.39, 0.29) is 23.5 Å². The molecule has 0 fully saturated rings. The third kappa shape index (κ3) is 1.51. The number of phenols is 1. The normalized spacial score (nSPS) is 21.7. The predicted octanol–water partition coefficient (Wildman–Crippen LogP) is 3.01. The molecule has 1 aliphatic rings. The molecular weight excluding hydrogens is 176 g/mol. The summed E-state index contributed by atoms with van der Waals surface area (Å²) in [5.74, 6) is -0.152. The van der Waals surface area contributed by atoms with Crippen molar-refractivity contribution >= 4 is 5.57 Å². The fraction of sp³-hybridized carbons (Fsp3) is 0.167. The number of allylic oxidation sites excluding steroid dienone is 3. The highest BCUT2D eigenvalue weighted by atomic mass is 16.3. The van der Waals surface area contributed by atoms with E-state index in [9.17, 15) is 10.2 Å². The Bertz CT molecular complexity index is 476. The Morgan fingerprint density at radius 2 is 2.00 bits per heavy atom. The number of benzene rings is 1. The van der Waals surface area contributed by atoms with Crippen molar-refractivity contribution in [1.82, 2.24) is 0 Å². The molecule has 14 heavy (non-hydrogen) atoms. The zero-order chi connectivity index (χ0) is 11.8. The van der Waals surface area contributed by atoms with Crippen LogP contribution in [0.5, 0.6) is 5.75 Å². The summed E-state index contributed by atoms with van der Waals surface area (Å²) in [5.41, 5.74) is 0.488. The molecule has 1 aromatic carbocycles. The Kier molecular flexibility index (Phi) is 1.72. The Hall–Kier alpha value is -1.70. The van der Waals surface area contributed by atoms with E-state index in [0.29, 0.717) is 5.56 Å². The number of hydrogen-bond acceptors (Lipinski definition) is 2. The van der Waals surface area contributed by atoms with Crippen LogP contribution in [0.25, 0.3) is 5.57 Å². The maximum Gasteiger partial charge on any atom is 0.123 e. The van der Waals surface area contributed by atoms with Crippen molar-refractivity contribution in [3.63, 3.8) is 0 Å². The van der Waals surface area contributed by atoms with Gasteiger partial charge in [0.15, 0.2) is 0 Å². The van der Waals surface area contributed by atoms with Crippen molar-refractivity contribution in [2.45, 2.75) is 12.8 Å². The van der Waals surface area contributed by atoms with Gasteiger partial charge in [0, 0.05) is 13.9 Å². The van der Waals surface area contributed by atoms with E-state index in [1.54, 1.807) is 24.3 Å². The Balaban J connectivity index is 2.62. The molecule has 0 spiro atoms. The summed E-state index contributed by atoms with van der Waals surface area (Å²) in [5, 5.41) is 19.4. The number of para-hydroxylation sites is 1. The van der Waals surface area contributed by atoms with Gasteiger partial charge >= 0.3 is 0 Å². The predicted molar refractivity (Wildman–Crippen MR) is 56.0 cm³/mol. The monoisotopic (exact) mass is 190 g/mol. The Morgan fingerprint density at radius 3 is 2.71 bits per heavy atom. The van der Waals surface area contributed by atoms with Crippen LogP contribution < -0.4 is 0 Å². The van der Waals surface area contributed by atoms with Crippen molar-refractivity contribution < 1.29 is 13.0 Å². The van der Waals surface area contributed by atoms with E-state index in [1.807, 2.05) is 0 Å². The largest absolute Gasteiger partial charge is 0.508 e. The summed E-state index contributed by atoms with van der Waals surface area (Å²) in [6.45, 7) is 0. The summed E-state index contributed by atoms with van der Waals surface area (Å²) >= 11 is 0. The minimum absolute atomic E-state index is 0.0248. The van der Waals surface area contributed by atoms with Crippen molar-refractivity contribution in [1.29, 1.82) is 0 Å². The summed E-state index contributed by atoms with van der Waals surface area (Å²) in [6.07, 6.45) is 1.58. The van der Waals surface area contributed by atoms with Gasteiger partial charge in [-0.15, -0.1) is 0 Å². The standard InChI is InChI=1S/C12H12O2/c13-11-7-3-1-5-9(11)10-6-2-4-8-12(10)14/h1,3-5,7-8,13-14H,2,6H2/i6D2. The van der Waals surface area contributed by atoms with Crippen LogP contribution in [0.3, 0.4) is 0 Å². The van der Waals surface area contributed by atoms with Gasteiger partial charge in [-0.05, 0) is 24.9 Å². The molecule has 0 heterocycles. The van der Waals surface area contributed by atoms with Crippen LogP contribution in [-0.4, -0.2) is 10.2 Å². The molecule has 1 aliphatic carbocycles. The minimum Gasteiger partial charge on any atom is -0.508 e. The first-order valence-electron chi connectivity index (χ1n) is 5.41. The smallest absolute Gasteiger partial charge is 0.123 e. The van der Waals surface area contributed by atoms with Crippen LogP contribution >= 0.6 is 0 Å². The molecule has 0 aromatic heterocycles. The average Bonchev–Trinajstić information content (AvgIpc) is 2.19. The molecule has 0 radical (unpaired) electrons. The van der Waals surface area contributed by atoms with E-state index >= 15 is 0 Å².